The Labute approximate surface area is 101 Å². The molecule has 0 saturated carbocycles. The van der Waals surface area contributed by atoms with Crippen molar-refractivity contribution in [3.63, 3.8) is 0 Å². The summed E-state index contributed by atoms with van der Waals surface area (Å²) in [6.07, 6.45) is 0.472. The van der Waals surface area contributed by atoms with Crippen molar-refractivity contribution in [2.75, 3.05) is 18.4 Å². The van der Waals surface area contributed by atoms with Gasteiger partial charge in [-0.1, -0.05) is 24.6 Å². The van der Waals surface area contributed by atoms with Crippen molar-refractivity contribution in [3.8, 4) is 0 Å². The summed E-state index contributed by atoms with van der Waals surface area (Å²) in [5.74, 6) is 0.00585. The number of nitrogens with one attached hydrogen (secondary N) is 2. The van der Waals surface area contributed by atoms with E-state index in [2.05, 4.69) is 10.6 Å². The Balaban J connectivity index is 2.53. The van der Waals surface area contributed by atoms with Gasteiger partial charge in [0.25, 0.3) is 0 Å². The first-order valence-corrected chi connectivity index (χ1v) is 5.78. The molecule has 0 unspecified atom stereocenters. The number of carbonyl (C=O) groups excluding carboxylic acids is 1. The van der Waals surface area contributed by atoms with Crippen molar-refractivity contribution in [1.82, 2.24) is 5.32 Å². The van der Waals surface area contributed by atoms with Crippen LogP contribution in [-0.4, -0.2) is 19.0 Å². The summed E-state index contributed by atoms with van der Waals surface area (Å²) in [6.45, 7) is 5.48. The molecule has 16 heavy (non-hydrogen) atoms. The topological polar surface area (TPSA) is 41.1 Å². The summed E-state index contributed by atoms with van der Waals surface area (Å²) in [6, 6.07) is 5.49. The molecule has 88 valence electrons. The van der Waals surface area contributed by atoms with E-state index in [0.29, 0.717) is 18.0 Å². The van der Waals surface area contributed by atoms with Gasteiger partial charge in [-0.3, -0.25) is 4.79 Å². The highest BCUT2D eigenvalue weighted by Crippen LogP contribution is 2.22. The van der Waals surface area contributed by atoms with E-state index in [9.17, 15) is 4.79 Å². The Morgan fingerprint density at radius 3 is 2.88 bits per heavy atom. The third-order valence-corrected chi connectivity index (χ3v) is 2.73. The molecule has 3 nitrogen and oxygen atoms in total. The molecule has 0 heterocycles. The molecule has 0 atom stereocenters. The van der Waals surface area contributed by atoms with Crippen molar-refractivity contribution in [1.29, 1.82) is 0 Å². The van der Waals surface area contributed by atoms with E-state index in [4.69, 9.17) is 11.6 Å². The van der Waals surface area contributed by atoms with Gasteiger partial charge in [-0.15, -0.1) is 0 Å². The molecule has 0 spiro atoms. The number of halogens is 1. The molecule has 0 aliphatic carbocycles. The molecule has 0 aromatic heterocycles. The van der Waals surface area contributed by atoms with Crippen LogP contribution in [0, 0.1) is 6.92 Å². The molecule has 0 aliphatic rings. The van der Waals surface area contributed by atoms with Crippen LogP contribution in [0.1, 0.15) is 18.9 Å². The van der Waals surface area contributed by atoms with E-state index < -0.39 is 0 Å². The van der Waals surface area contributed by atoms with Gasteiger partial charge in [-0.25, -0.2) is 0 Å². The average molecular weight is 241 g/mol. The molecular formula is C12H17ClN2O. The molecule has 0 bridgehead atoms. The number of amides is 1. The zero-order valence-corrected chi connectivity index (χ0v) is 10.4. The lowest BCUT2D eigenvalue weighted by molar-refractivity contribution is -0.116. The second kappa shape index (κ2) is 6.51. The van der Waals surface area contributed by atoms with Gasteiger partial charge in [0.15, 0.2) is 0 Å². The van der Waals surface area contributed by atoms with Crippen LogP contribution in [-0.2, 0) is 4.79 Å². The lowest BCUT2D eigenvalue weighted by Crippen LogP contribution is -2.21. The van der Waals surface area contributed by atoms with E-state index in [1.54, 1.807) is 0 Å². The van der Waals surface area contributed by atoms with Crippen LogP contribution in [0.4, 0.5) is 5.69 Å². The second-order valence-corrected chi connectivity index (χ2v) is 3.97. The van der Waals surface area contributed by atoms with Gasteiger partial charge in [-0.05, 0) is 31.2 Å². The van der Waals surface area contributed by atoms with Crippen molar-refractivity contribution in [3.05, 3.63) is 28.8 Å². The first kappa shape index (κ1) is 13.0. The number of anilines is 1. The summed E-state index contributed by atoms with van der Waals surface area (Å²) in [7, 11) is 0. The summed E-state index contributed by atoms with van der Waals surface area (Å²) in [5.41, 5.74) is 1.69. The maximum absolute atomic E-state index is 11.6. The SMILES string of the molecule is CCNCCC(=O)Nc1cccc(Cl)c1C. The Kier molecular flexibility index (Phi) is 5.29. The van der Waals surface area contributed by atoms with Gasteiger partial charge >= 0.3 is 0 Å². The van der Waals surface area contributed by atoms with E-state index in [1.807, 2.05) is 32.0 Å². The van der Waals surface area contributed by atoms with Crippen LogP contribution >= 0.6 is 11.6 Å². The van der Waals surface area contributed by atoms with Crippen molar-refractivity contribution < 1.29 is 4.79 Å². The van der Waals surface area contributed by atoms with E-state index in [-0.39, 0.29) is 5.91 Å². The van der Waals surface area contributed by atoms with Gasteiger partial charge in [0, 0.05) is 23.7 Å². The Hall–Kier alpha value is -1.06. The zero-order chi connectivity index (χ0) is 12.0. The maximum Gasteiger partial charge on any atom is 0.225 e. The van der Waals surface area contributed by atoms with Crippen molar-refractivity contribution in [2.24, 2.45) is 0 Å². The lowest BCUT2D eigenvalue weighted by atomic mass is 10.2. The van der Waals surface area contributed by atoms with Gasteiger partial charge in [0.2, 0.25) is 5.91 Å². The minimum atomic E-state index is 0.00585. The fraction of sp³-hybridized carbons (Fsp3) is 0.417. The number of hydrogen-bond donors (Lipinski definition) is 2. The van der Waals surface area contributed by atoms with Crippen LogP contribution in [0.15, 0.2) is 18.2 Å². The van der Waals surface area contributed by atoms with E-state index in [0.717, 1.165) is 17.8 Å². The molecule has 0 fully saturated rings. The molecule has 2 N–H and O–H groups in total. The third kappa shape index (κ3) is 3.83. The van der Waals surface area contributed by atoms with Crippen LogP contribution in [0.3, 0.4) is 0 Å². The maximum atomic E-state index is 11.6. The lowest BCUT2D eigenvalue weighted by Gasteiger charge is -2.09. The monoisotopic (exact) mass is 240 g/mol. The highest BCUT2D eigenvalue weighted by atomic mass is 35.5. The molecule has 1 amide bonds. The predicted octanol–water partition coefficient (Wildman–Crippen LogP) is 2.59. The minimum absolute atomic E-state index is 0.00585. The molecular weight excluding hydrogens is 224 g/mol. The van der Waals surface area contributed by atoms with Crippen molar-refractivity contribution >= 4 is 23.2 Å². The number of hydrogen-bond acceptors (Lipinski definition) is 2. The molecule has 0 saturated heterocycles. The number of benzene rings is 1. The Morgan fingerprint density at radius 1 is 1.44 bits per heavy atom. The zero-order valence-electron chi connectivity index (χ0n) is 9.64. The van der Waals surface area contributed by atoms with Gasteiger partial charge in [-0.2, -0.15) is 0 Å². The third-order valence-electron chi connectivity index (χ3n) is 2.32. The standard InChI is InChI=1S/C12H17ClN2O/c1-3-14-8-7-12(16)15-11-6-4-5-10(13)9(11)2/h4-6,14H,3,7-8H2,1-2H3,(H,15,16). The van der Waals surface area contributed by atoms with Gasteiger partial charge < -0.3 is 10.6 Å². The van der Waals surface area contributed by atoms with Gasteiger partial charge in [0.05, 0.1) is 0 Å². The molecule has 0 radical (unpaired) electrons. The highest BCUT2D eigenvalue weighted by Gasteiger charge is 2.05. The first-order valence-electron chi connectivity index (χ1n) is 5.40. The molecule has 0 aliphatic heterocycles. The summed E-state index contributed by atoms with van der Waals surface area (Å²) >= 11 is 5.96. The summed E-state index contributed by atoms with van der Waals surface area (Å²) < 4.78 is 0. The summed E-state index contributed by atoms with van der Waals surface area (Å²) in [4.78, 5) is 11.6. The fourth-order valence-corrected chi connectivity index (χ4v) is 1.51. The van der Waals surface area contributed by atoms with Crippen LogP contribution in [0.2, 0.25) is 5.02 Å². The molecule has 1 aromatic carbocycles. The second-order valence-electron chi connectivity index (χ2n) is 3.56. The minimum Gasteiger partial charge on any atom is -0.326 e. The highest BCUT2D eigenvalue weighted by molar-refractivity contribution is 6.31. The van der Waals surface area contributed by atoms with Gasteiger partial charge in [0.1, 0.15) is 0 Å². The van der Waals surface area contributed by atoms with Crippen LogP contribution in [0.5, 0.6) is 0 Å². The smallest absolute Gasteiger partial charge is 0.225 e. The van der Waals surface area contributed by atoms with Crippen LogP contribution in [0.25, 0.3) is 0 Å². The predicted molar refractivity (Wildman–Crippen MR) is 68.0 cm³/mol. The number of carbonyl (C=O) groups is 1. The Morgan fingerprint density at radius 2 is 2.19 bits per heavy atom. The van der Waals surface area contributed by atoms with E-state index in [1.165, 1.54) is 0 Å². The fourth-order valence-electron chi connectivity index (χ4n) is 1.33. The largest absolute Gasteiger partial charge is 0.326 e. The molecule has 1 aromatic rings. The normalized spacial score (nSPS) is 10.2. The quantitative estimate of drug-likeness (QED) is 0.777. The van der Waals surface area contributed by atoms with Crippen LogP contribution < -0.4 is 10.6 Å². The average Bonchev–Trinajstić information content (AvgIpc) is 2.25. The first-order chi connectivity index (χ1) is 7.65. The molecule has 1 rings (SSSR count). The Bertz CT molecular complexity index is 366. The molecule has 4 heteroatoms. The summed E-state index contributed by atoms with van der Waals surface area (Å²) in [5, 5.41) is 6.62. The van der Waals surface area contributed by atoms with Crippen molar-refractivity contribution in [2.45, 2.75) is 20.3 Å². The number of rotatable bonds is 5. The van der Waals surface area contributed by atoms with E-state index >= 15 is 0 Å².